The lowest BCUT2D eigenvalue weighted by Gasteiger charge is -2.04. The Balaban J connectivity index is 2.91. The average molecular weight is 192 g/mol. The number of nitro benzene ring substituents is 1. The number of nitrogens with zero attached hydrogens (tertiary/aromatic N) is 2. The summed E-state index contributed by atoms with van der Waals surface area (Å²) in [5.74, 6) is 0.497. The molecule has 0 unspecified atom stereocenters. The summed E-state index contributed by atoms with van der Waals surface area (Å²) in [6.45, 7) is 1.64. The van der Waals surface area contributed by atoms with Crippen LogP contribution in [0, 0.1) is 28.4 Å². The molecule has 0 amide bonds. The number of rotatable bonds is 3. The zero-order chi connectivity index (χ0) is 10.6. The highest BCUT2D eigenvalue weighted by Gasteiger charge is 2.08. The van der Waals surface area contributed by atoms with Gasteiger partial charge in [0.2, 0.25) is 0 Å². The first-order valence-corrected chi connectivity index (χ1v) is 3.90. The molecule has 5 heteroatoms. The van der Waals surface area contributed by atoms with Gasteiger partial charge in [-0.25, -0.2) is 0 Å². The zero-order valence-electron chi connectivity index (χ0n) is 7.56. The standard InChI is InChI=1S/C9H8N2O3/c1-7-6-8(11(12)13)2-3-9(7)14-5-4-10/h2-3,6H,5H2,1H3. The Morgan fingerprint density at radius 3 is 2.86 bits per heavy atom. The van der Waals surface area contributed by atoms with E-state index in [1.54, 1.807) is 6.92 Å². The zero-order valence-corrected chi connectivity index (χ0v) is 7.56. The van der Waals surface area contributed by atoms with E-state index in [9.17, 15) is 10.1 Å². The predicted octanol–water partition coefficient (Wildman–Crippen LogP) is 1.81. The van der Waals surface area contributed by atoms with Crippen molar-refractivity contribution in [2.24, 2.45) is 0 Å². The Labute approximate surface area is 80.7 Å². The third-order valence-corrected chi connectivity index (χ3v) is 1.66. The number of nitriles is 1. The number of non-ortho nitro benzene ring substituents is 1. The lowest BCUT2D eigenvalue weighted by atomic mass is 10.2. The largest absolute Gasteiger partial charge is 0.478 e. The second kappa shape index (κ2) is 4.23. The van der Waals surface area contributed by atoms with E-state index < -0.39 is 4.92 Å². The van der Waals surface area contributed by atoms with Gasteiger partial charge in [-0.05, 0) is 18.6 Å². The van der Waals surface area contributed by atoms with E-state index in [1.165, 1.54) is 18.2 Å². The maximum atomic E-state index is 10.4. The van der Waals surface area contributed by atoms with Gasteiger partial charge in [0.25, 0.3) is 5.69 Å². The van der Waals surface area contributed by atoms with Gasteiger partial charge in [0.05, 0.1) is 4.92 Å². The first-order chi connectivity index (χ1) is 6.65. The number of hydrogen-bond acceptors (Lipinski definition) is 4. The quantitative estimate of drug-likeness (QED) is 0.540. The first-order valence-electron chi connectivity index (χ1n) is 3.90. The minimum absolute atomic E-state index is 0.0202. The minimum atomic E-state index is -0.471. The van der Waals surface area contributed by atoms with E-state index in [-0.39, 0.29) is 12.3 Å². The predicted molar refractivity (Wildman–Crippen MR) is 48.9 cm³/mol. The summed E-state index contributed by atoms with van der Waals surface area (Å²) in [7, 11) is 0. The fraction of sp³-hybridized carbons (Fsp3) is 0.222. The topological polar surface area (TPSA) is 76.2 Å². The molecule has 0 N–H and O–H groups in total. The van der Waals surface area contributed by atoms with Crippen LogP contribution < -0.4 is 4.74 Å². The maximum Gasteiger partial charge on any atom is 0.269 e. The van der Waals surface area contributed by atoms with Crippen LogP contribution in [0.15, 0.2) is 18.2 Å². The fourth-order valence-corrected chi connectivity index (χ4v) is 1.02. The van der Waals surface area contributed by atoms with E-state index in [0.717, 1.165) is 0 Å². The van der Waals surface area contributed by atoms with Gasteiger partial charge in [0, 0.05) is 12.1 Å². The number of nitro groups is 1. The Morgan fingerprint density at radius 2 is 2.36 bits per heavy atom. The van der Waals surface area contributed by atoms with Gasteiger partial charge in [0.15, 0.2) is 6.61 Å². The van der Waals surface area contributed by atoms with E-state index in [2.05, 4.69) is 0 Å². The van der Waals surface area contributed by atoms with Gasteiger partial charge in [-0.2, -0.15) is 5.26 Å². The molecule has 0 bridgehead atoms. The molecule has 0 aliphatic rings. The van der Waals surface area contributed by atoms with Gasteiger partial charge >= 0.3 is 0 Å². The molecule has 72 valence electrons. The molecule has 0 atom stereocenters. The minimum Gasteiger partial charge on any atom is -0.478 e. The van der Waals surface area contributed by atoms with Crippen molar-refractivity contribution >= 4 is 5.69 Å². The van der Waals surface area contributed by atoms with Crippen LogP contribution in [0.25, 0.3) is 0 Å². The van der Waals surface area contributed by atoms with E-state index in [4.69, 9.17) is 10.00 Å². The smallest absolute Gasteiger partial charge is 0.269 e. The molecule has 0 heterocycles. The summed E-state index contributed by atoms with van der Waals surface area (Å²) in [6.07, 6.45) is 0. The molecular weight excluding hydrogens is 184 g/mol. The van der Waals surface area contributed by atoms with Gasteiger partial charge in [-0.3, -0.25) is 10.1 Å². The highest BCUT2D eigenvalue weighted by molar-refractivity contribution is 5.42. The van der Waals surface area contributed by atoms with Crippen LogP contribution in [-0.2, 0) is 0 Å². The van der Waals surface area contributed by atoms with Gasteiger partial charge < -0.3 is 4.74 Å². The van der Waals surface area contributed by atoms with Crippen LogP contribution in [0.4, 0.5) is 5.69 Å². The highest BCUT2D eigenvalue weighted by Crippen LogP contribution is 2.22. The van der Waals surface area contributed by atoms with E-state index in [1.807, 2.05) is 6.07 Å². The van der Waals surface area contributed by atoms with Crippen LogP contribution >= 0.6 is 0 Å². The van der Waals surface area contributed by atoms with Crippen LogP contribution in [0.1, 0.15) is 5.56 Å². The third-order valence-electron chi connectivity index (χ3n) is 1.66. The molecule has 5 nitrogen and oxygen atoms in total. The van der Waals surface area contributed by atoms with Crippen LogP contribution in [0.3, 0.4) is 0 Å². The molecule has 0 aliphatic carbocycles. The summed E-state index contributed by atoms with van der Waals surface area (Å²) < 4.78 is 5.04. The third kappa shape index (κ3) is 2.20. The second-order valence-corrected chi connectivity index (χ2v) is 2.65. The molecule has 14 heavy (non-hydrogen) atoms. The van der Waals surface area contributed by atoms with Crippen molar-refractivity contribution in [3.8, 4) is 11.8 Å². The highest BCUT2D eigenvalue weighted by atomic mass is 16.6. The van der Waals surface area contributed by atoms with Crippen molar-refractivity contribution in [2.75, 3.05) is 6.61 Å². The van der Waals surface area contributed by atoms with Gasteiger partial charge in [-0.1, -0.05) is 0 Å². The van der Waals surface area contributed by atoms with Crippen molar-refractivity contribution in [3.63, 3.8) is 0 Å². The molecule has 1 aromatic rings. The van der Waals surface area contributed by atoms with Crippen LogP contribution in [0.2, 0.25) is 0 Å². The number of ether oxygens (including phenoxy) is 1. The van der Waals surface area contributed by atoms with Crippen LogP contribution in [-0.4, -0.2) is 11.5 Å². The average Bonchev–Trinajstić information content (AvgIpc) is 2.15. The van der Waals surface area contributed by atoms with Crippen molar-refractivity contribution in [1.82, 2.24) is 0 Å². The molecule has 0 saturated heterocycles. The van der Waals surface area contributed by atoms with Crippen molar-refractivity contribution < 1.29 is 9.66 Å². The van der Waals surface area contributed by atoms with E-state index in [0.29, 0.717) is 11.3 Å². The lowest BCUT2D eigenvalue weighted by Crippen LogP contribution is -1.96. The monoisotopic (exact) mass is 192 g/mol. The first kappa shape index (κ1) is 9.99. The van der Waals surface area contributed by atoms with E-state index >= 15 is 0 Å². The Bertz CT molecular complexity index is 396. The fourth-order valence-electron chi connectivity index (χ4n) is 1.02. The molecule has 0 aromatic heterocycles. The van der Waals surface area contributed by atoms with Crippen molar-refractivity contribution in [1.29, 1.82) is 5.26 Å². The SMILES string of the molecule is Cc1cc([N+](=O)[O-])ccc1OCC#N. The molecule has 0 radical (unpaired) electrons. The molecule has 0 aliphatic heterocycles. The summed E-state index contributed by atoms with van der Waals surface area (Å²) in [6, 6.07) is 6.07. The molecule has 1 rings (SSSR count). The number of aryl methyl sites for hydroxylation is 1. The Morgan fingerprint density at radius 1 is 1.64 bits per heavy atom. The maximum absolute atomic E-state index is 10.4. The molecular formula is C9H8N2O3. The molecule has 1 aromatic carbocycles. The van der Waals surface area contributed by atoms with Crippen molar-refractivity contribution in [2.45, 2.75) is 6.92 Å². The summed E-state index contributed by atoms with van der Waals surface area (Å²) in [5.41, 5.74) is 0.668. The van der Waals surface area contributed by atoms with Crippen LogP contribution in [0.5, 0.6) is 5.75 Å². The summed E-state index contributed by atoms with van der Waals surface area (Å²) in [4.78, 5) is 9.92. The molecule has 0 fully saturated rings. The number of benzene rings is 1. The second-order valence-electron chi connectivity index (χ2n) is 2.65. The summed E-state index contributed by atoms with van der Waals surface area (Å²) >= 11 is 0. The lowest BCUT2D eigenvalue weighted by molar-refractivity contribution is -0.384. The van der Waals surface area contributed by atoms with Gasteiger partial charge in [-0.15, -0.1) is 0 Å². The van der Waals surface area contributed by atoms with Gasteiger partial charge in [0.1, 0.15) is 11.8 Å². The molecule has 0 saturated carbocycles. The van der Waals surface area contributed by atoms with Crippen molar-refractivity contribution in [3.05, 3.63) is 33.9 Å². The summed E-state index contributed by atoms with van der Waals surface area (Å²) in [5, 5.41) is 18.7. The Kier molecular flexibility index (Phi) is 3.02. The Hall–Kier alpha value is -2.09. The normalized spacial score (nSPS) is 9.14. The molecule has 0 spiro atoms. The number of hydrogen-bond donors (Lipinski definition) is 0.